The van der Waals surface area contributed by atoms with Crippen molar-refractivity contribution in [2.45, 2.75) is 12.8 Å². The van der Waals surface area contributed by atoms with Crippen LogP contribution < -0.4 is 5.32 Å². The minimum atomic E-state index is -0.460. The molecule has 0 bridgehead atoms. The maximum absolute atomic E-state index is 14.4. The molecule has 1 heterocycles. The summed E-state index contributed by atoms with van der Waals surface area (Å²) < 4.78 is 14.4. The Kier molecular flexibility index (Phi) is 4.48. The fraction of sp³-hybridized carbons (Fsp3) is 0.111. The van der Waals surface area contributed by atoms with E-state index in [4.69, 9.17) is 0 Å². The first-order valence-corrected chi connectivity index (χ1v) is 8.08. The van der Waals surface area contributed by atoms with E-state index in [1.165, 1.54) is 17.4 Å². The predicted octanol–water partition coefficient (Wildman–Crippen LogP) is 4.69. The lowest BCUT2D eigenvalue weighted by molar-refractivity contribution is -0.117. The molecule has 0 fully saturated rings. The fourth-order valence-corrected chi connectivity index (χ4v) is 2.83. The third-order valence-electron chi connectivity index (χ3n) is 3.63. The molecular formula is C18H15FN2OS. The van der Waals surface area contributed by atoms with Crippen LogP contribution in [0.4, 0.5) is 9.52 Å². The Morgan fingerprint density at radius 2 is 2.00 bits per heavy atom. The Morgan fingerprint density at radius 3 is 2.65 bits per heavy atom. The molecule has 1 aromatic heterocycles. The summed E-state index contributed by atoms with van der Waals surface area (Å²) in [6.45, 7) is 1.75. The minimum absolute atomic E-state index is 0.202. The molecular weight excluding hydrogens is 311 g/mol. The van der Waals surface area contributed by atoms with Gasteiger partial charge in [-0.1, -0.05) is 42.5 Å². The van der Waals surface area contributed by atoms with Crippen LogP contribution >= 0.6 is 11.3 Å². The first-order valence-electron chi connectivity index (χ1n) is 7.20. The maximum Gasteiger partial charge on any atom is 0.233 e. The summed E-state index contributed by atoms with van der Waals surface area (Å²) in [5, 5.41) is 5.06. The van der Waals surface area contributed by atoms with Gasteiger partial charge in [0.05, 0.1) is 5.92 Å². The second-order valence-corrected chi connectivity index (χ2v) is 6.05. The third kappa shape index (κ3) is 3.46. The Hall–Kier alpha value is -2.53. The Bertz CT molecular complexity index is 803. The molecule has 2 aromatic carbocycles. The van der Waals surface area contributed by atoms with E-state index in [2.05, 4.69) is 10.3 Å². The van der Waals surface area contributed by atoms with Gasteiger partial charge in [-0.3, -0.25) is 4.79 Å². The summed E-state index contributed by atoms with van der Waals surface area (Å²) in [5.41, 5.74) is 1.98. The summed E-state index contributed by atoms with van der Waals surface area (Å²) >= 11 is 1.35. The topological polar surface area (TPSA) is 42.0 Å². The molecule has 23 heavy (non-hydrogen) atoms. The Labute approximate surface area is 137 Å². The van der Waals surface area contributed by atoms with E-state index in [0.29, 0.717) is 16.3 Å². The number of nitrogens with zero attached hydrogens (tertiary/aromatic N) is 1. The highest BCUT2D eigenvalue weighted by Gasteiger charge is 2.18. The van der Waals surface area contributed by atoms with Crippen molar-refractivity contribution in [1.82, 2.24) is 4.98 Å². The number of thiazole rings is 1. The van der Waals surface area contributed by atoms with E-state index in [1.807, 2.05) is 30.3 Å². The van der Waals surface area contributed by atoms with Gasteiger partial charge in [-0.25, -0.2) is 9.37 Å². The van der Waals surface area contributed by atoms with Crippen LogP contribution in [0.3, 0.4) is 0 Å². The van der Waals surface area contributed by atoms with Gasteiger partial charge < -0.3 is 5.32 Å². The van der Waals surface area contributed by atoms with Gasteiger partial charge in [0.2, 0.25) is 5.91 Å². The second-order valence-electron chi connectivity index (χ2n) is 5.15. The number of halogens is 1. The SMILES string of the molecule is C[C@@H](C(=O)Nc1nccs1)c1ccc(-c2ccccc2)c(F)c1. The lowest BCUT2D eigenvalue weighted by Gasteiger charge is -2.13. The highest BCUT2D eigenvalue weighted by atomic mass is 32.1. The van der Waals surface area contributed by atoms with E-state index in [-0.39, 0.29) is 11.7 Å². The lowest BCUT2D eigenvalue weighted by atomic mass is 9.96. The van der Waals surface area contributed by atoms with E-state index >= 15 is 0 Å². The van der Waals surface area contributed by atoms with Gasteiger partial charge in [0.15, 0.2) is 5.13 Å². The zero-order valence-electron chi connectivity index (χ0n) is 12.5. The summed E-state index contributed by atoms with van der Waals surface area (Å²) in [4.78, 5) is 16.2. The van der Waals surface area contributed by atoms with Crippen molar-refractivity contribution in [3.05, 3.63) is 71.5 Å². The van der Waals surface area contributed by atoms with Gasteiger partial charge >= 0.3 is 0 Å². The smallest absolute Gasteiger partial charge is 0.233 e. The highest BCUT2D eigenvalue weighted by molar-refractivity contribution is 7.13. The van der Waals surface area contributed by atoms with Crippen molar-refractivity contribution in [3.8, 4) is 11.1 Å². The normalized spacial score (nSPS) is 11.9. The molecule has 0 aliphatic rings. The Balaban J connectivity index is 1.81. The van der Waals surface area contributed by atoms with Crippen LogP contribution in [0, 0.1) is 5.82 Å². The number of rotatable bonds is 4. The quantitative estimate of drug-likeness (QED) is 0.755. The number of anilines is 1. The highest BCUT2D eigenvalue weighted by Crippen LogP contribution is 2.27. The fourth-order valence-electron chi connectivity index (χ4n) is 2.30. The first kappa shape index (κ1) is 15.4. The predicted molar refractivity (Wildman–Crippen MR) is 91.0 cm³/mol. The van der Waals surface area contributed by atoms with E-state index in [9.17, 15) is 9.18 Å². The lowest BCUT2D eigenvalue weighted by Crippen LogP contribution is -2.18. The average molecular weight is 326 g/mol. The third-order valence-corrected chi connectivity index (χ3v) is 4.32. The summed E-state index contributed by atoms with van der Waals surface area (Å²) in [7, 11) is 0. The van der Waals surface area contributed by atoms with Crippen molar-refractivity contribution >= 4 is 22.4 Å². The zero-order valence-corrected chi connectivity index (χ0v) is 13.3. The summed E-state index contributed by atoms with van der Waals surface area (Å²) in [6.07, 6.45) is 1.62. The summed E-state index contributed by atoms with van der Waals surface area (Å²) in [5.74, 6) is -0.993. The van der Waals surface area contributed by atoms with Crippen molar-refractivity contribution in [2.24, 2.45) is 0 Å². The molecule has 1 amide bonds. The van der Waals surface area contributed by atoms with E-state index in [1.54, 1.807) is 30.6 Å². The number of carbonyl (C=O) groups excluding carboxylic acids is 1. The van der Waals surface area contributed by atoms with E-state index < -0.39 is 5.92 Å². The largest absolute Gasteiger partial charge is 0.301 e. The number of amides is 1. The average Bonchev–Trinajstić information content (AvgIpc) is 3.07. The molecule has 0 saturated heterocycles. The van der Waals surface area contributed by atoms with Gasteiger partial charge in [-0.05, 0) is 24.1 Å². The monoisotopic (exact) mass is 326 g/mol. The molecule has 0 spiro atoms. The number of nitrogens with one attached hydrogen (secondary N) is 1. The minimum Gasteiger partial charge on any atom is -0.301 e. The molecule has 3 rings (SSSR count). The van der Waals surface area contributed by atoms with Gasteiger partial charge in [0.25, 0.3) is 0 Å². The molecule has 3 nitrogen and oxygen atoms in total. The van der Waals surface area contributed by atoms with Gasteiger partial charge in [-0.2, -0.15) is 0 Å². The number of benzene rings is 2. The second kappa shape index (κ2) is 6.71. The van der Waals surface area contributed by atoms with Crippen molar-refractivity contribution in [3.63, 3.8) is 0 Å². The molecule has 5 heteroatoms. The van der Waals surface area contributed by atoms with Crippen molar-refractivity contribution in [2.75, 3.05) is 5.32 Å². The van der Waals surface area contributed by atoms with Crippen LogP contribution in [0.5, 0.6) is 0 Å². The van der Waals surface area contributed by atoms with Crippen molar-refractivity contribution in [1.29, 1.82) is 0 Å². The van der Waals surface area contributed by atoms with Crippen molar-refractivity contribution < 1.29 is 9.18 Å². The molecule has 0 aliphatic carbocycles. The first-order chi connectivity index (χ1) is 11.1. The van der Waals surface area contributed by atoms with Crippen LogP contribution in [0.15, 0.2) is 60.1 Å². The van der Waals surface area contributed by atoms with Gasteiger partial charge in [-0.15, -0.1) is 11.3 Å². The molecule has 0 saturated carbocycles. The molecule has 1 N–H and O–H groups in total. The zero-order chi connectivity index (χ0) is 16.2. The van der Waals surface area contributed by atoms with Gasteiger partial charge in [0, 0.05) is 17.1 Å². The molecule has 0 unspecified atom stereocenters. The van der Waals surface area contributed by atoms with Crippen LogP contribution in [0.1, 0.15) is 18.4 Å². The standard InChI is InChI=1S/C18H15FN2OS/c1-12(17(22)21-18-20-9-10-23-18)14-7-8-15(16(19)11-14)13-5-3-2-4-6-13/h2-12H,1H3,(H,20,21,22)/t12-/m1/s1. The molecule has 1 atom stereocenters. The molecule has 0 radical (unpaired) electrons. The maximum atomic E-state index is 14.4. The van der Waals surface area contributed by atoms with Gasteiger partial charge in [0.1, 0.15) is 5.82 Å². The molecule has 3 aromatic rings. The van der Waals surface area contributed by atoms with Crippen LogP contribution in [-0.2, 0) is 4.79 Å². The number of hydrogen-bond acceptors (Lipinski definition) is 3. The summed E-state index contributed by atoms with van der Waals surface area (Å²) in [6, 6.07) is 14.3. The van der Waals surface area contributed by atoms with Crippen LogP contribution in [-0.4, -0.2) is 10.9 Å². The number of hydrogen-bond donors (Lipinski definition) is 1. The van der Waals surface area contributed by atoms with E-state index in [0.717, 1.165) is 5.56 Å². The molecule has 0 aliphatic heterocycles. The molecule has 116 valence electrons. The van der Waals surface area contributed by atoms with Crippen LogP contribution in [0.25, 0.3) is 11.1 Å². The van der Waals surface area contributed by atoms with Crippen LogP contribution in [0.2, 0.25) is 0 Å². The number of carbonyl (C=O) groups is 1. The number of aromatic nitrogens is 1. The Morgan fingerprint density at radius 1 is 1.22 bits per heavy atom.